The molecule has 0 saturated heterocycles. The van der Waals surface area contributed by atoms with E-state index in [1.165, 1.54) is 0 Å². The molecule has 156 valence electrons. The Morgan fingerprint density at radius 2 is 1.69 bits per heavy atom. The fourth-order valence-corrected chi connectivity index (χ4v) is 2.48. The number of benzene rings is 2. The molecule has 0 saturated carbocycles. The number of esters is 1. The maximum atomic E-state index is 12.1. The second-order valence-electron chi connectivity index (χ2n) is 6.27. The van der Waals surface area contributed by atoms with Crippen LogP contribution in [-0.4, -0.2) is 39.3 Å². The molecular formula is C22H27NO6. The predicted molar refractivity (Wildman–Crippen MR) is 109 cm³/mol. The number of carbonyl (C=O) groups excluding carboxylic acids is 2. The largest absolute Gasteiger partial charge is 0.494 e. The van der Waals surface area contributed by atoms with E-state index in [1.807, 2.05) is 6.07 Å². The van der Waals surface area contributed by atoms with Crippen LogP contribution in [0.4, 0.5) is 0 Å². The summed E-state index contributed by atoms with van der Waals surface area (Å²) in [5, 5.41) is 2.70. The zero-order chi connectivity index (χ0) is 21.1. The summed E-state index contributed by atoms with van der Waals surface area (Å²) in [6.07, 6.45) is 2.03. The molecule has 2 rings (SSSR count). The highest BCUT2D eigenvalue weighted by molar-refractivity contribution is 5.91. The molecule has 0 unspecified atom stereocenters. The van der Waals surface area contributed by atoms with Crippen molar-refractivity contribution in [1.29, 1.82) is 0 Å². The minimum absolute atomic E-state index is 0.278. The molecule has 7 nitrogen and oxygen atoms in total. The molecule has 1 amide bonds. The molecular weight excluding hydrogens is 374 g/mol. The molecule has 0 aliphatic rings. The Kier molecular flexibility index (Phi) is 8.82. The first-order valence-electron chi connectivity index (χ1n) is 9.45. The van der Waals surface area contributed by atoms with E-state index in [9.17, 15) is 9.59 Å². The lowest BCUT2D eigenvalue weighted by atomic mass is 10.2. The van der Waals surface area contributed by atoms with Gasteiger partial charge in [0.15, 0.2) is 18.1 Å². The maximum Gasteiger partial charge on any atom is 0.338 e. The summed E-state index contributed by atoms with van der Waals surface area (Å²) >= 11 is 0. The number of carbonyl (C=O) groups is 2. The normalized spacial score (nSPS) is 10.2. The van der Waals surface area contributed by atoms with Gasteiger partial charge in [0, 0.05) is 6.54 Å². The molecule has 0 fully saturated rings. The summed E-state index contributed by atoms with van der Waals surface area (Å²) in [7, 11) is 3.10. The van der Waals surface area contributed by atoms with Crippen molar-refractivity contribution in [2.45, 2.75) is 26.3 Å². The number of unbranched alkanes of at least 4 members (excludes halogenated alkanes) is 1. The molecule has 0 aliphatic carbocycles. The van der Waals surface area contributed by atoms with Crippen LogP contribution < -0.4 is 19.5 Å². The Hall–Kier alpha value is -3.22. The van der Waals surface area contributed by atoms with E-state index in [0.717, 1.165) is 18.4 Å². The number of hydrogen-bond acceptors (Lipinski definition) is 6. The molecule has 0 heterocycles. The highest BCUT2D eigenvalue weighted by Crippen LogP contribution is 2.27. The number of ether oxygens (including phenoxy) is 4. The smallest absolute Gasteiger partial charge is 0.338 e. The monoisotopic (exact) mass is 401 g/mol. The van der Waals surface area contributed by atoms with E-state index in [2.05, 4.69) is 12.2 Å². The van der Waals surface area contributed by atoms with Crippen LogP contribution >= 0.6 is 0 Å². The van der Waals surface area contributed by atoms with Crippen LogP contribution in [0.3, 0.4) is 0 Å². The van der Waals surface area contributed by atoms with Crippen LogP contribution in [0.25, 0.3) is 0 Å². The van der Waals surface area contributed by atoms with E-state index in [4.69, 9.17) is 18.9 Å². The van der Waals surface area contributed by atoms with Gasteiger partial charge >= 0.3 is 5.97 Å². The molecule has 0 aromatic heterocycles. The summed E-state index contributed by atoms with van der Waals surface area (Å²) in [5.41, 5.74) is 1.20. The molecule has 0 atom stereocenters. The third-order valence-electron chi connectivity index (χ3n) is 4.13. The van der Waals surface area contributed by atoms with Crippen molar-refractivity contribution in [2.24, 2.45) is 0 Å². The van der Waals surface area contributed by atoms with Gasteiger partial charge in [-0.3, -0.25) is 4.79 Å². The van der Waals surface area contributed by atoms with Gasteiger partial charge in [0.25, 0.3) is 5.91 Å². The van der Waals surface area contributed by atoms with E-state index >= 15 is 0 Å². The van der Waals surface area contributed by atoms with Crippen molar-refractivity contribution < 1.29 is 28.5 Å². The summed E-state index contributed by atoms with van der Waals surface area (Å²) < 4.78 is 21.0. The summed E-state index contributed by atoms with van der Waals surface area (Å²) in [6, 6.07) is 12.0. The fraction of sp³-hybridized carbons (Fsp3) is 0.364. The van der Waals surface area contributed by atoms with Crippen LogP contribution in [0, 0.1) is 0 Å². The van der Waals surface area contributed by atoms with Crippen LogP contribution in [0.1, 0.15) is 35.7 Å². The van der Waals surface area contributed by atoms with Crippen molar-refractivity contribution in [1.82, 2.24) is 5.32 Å². The zero-order valence-corrected chi connectivity index (χ0v) is 17.0. The predicted octanol–water partition coefficient (Wildman–Crippen LogP) is 3.36. The first-order valence-corrected chi connectivity index (χ1v) is 9.45. The summed E-state index contributed by atoms with van der Waals surface area (Å²) in [5.74, 6) is 0.924. The lowest BCUT2D eigenvalue weighted by Crippen LogP contribution is -2.28. The number of hydrogen-bond donors (Lipinski definition) is 1. The van der Waals surface area contributed by atoms with Crippen molar-refractivity contribution in [3.8, 4) is 17.2 Å². The lowest BCUT2D eigenvalue weighted by molar-refractivity contribution is -0.124. The lowest BCUT2D eigenvalue weighted by Gasteiger charge is -2.11. The van der Waals surface area contributed by atoms with Gasteiger partial charge in [-0.2, -0.15) is 0 Å². The third-order valence-corrected chi connectivity index (χ3v) is 4.13. The Balaban J connectivity index is 1.77. The Bertz CT molecular complexity index is 803. The van der Waals surface area contributed by atoms with Crippen LogP contribution in [0.15, 0.2) is 42.5 Å². The van der Waals surface area contributed by atoms with Crippen LogP contribution in [0.5, 0.6) is 17.2 Å². The van der Waals surface area contributed by atoms with Crippen LogP contribution in [-0.2, 0) is 16.1 Å². The van der Waals surface area contributed by atoms with E-state index in [0.29, 0.717) is 29.4 Å². The number of methoxy groups -OCH3 is 2. The van der Waals surface area contributed by atoms with Gasteiger partial charge in [-0.15, -0.1) is 0 Å². The van der Waals surface area contributed by atoms with Gasteiger partial charge in [-0.1, -0.05) is 19.4 Å². The molecule has 2 aromatic carbocycles. The van der Waals surface area contributed by atoms with Gasteiger partial charge in [-0.05, 0) is 48.4 Å². The molecule has 0 aliphatic heterocycles. The third kappa shape index (κ3) is 7.03. The fourth-order valence-electron chi connectivity index (χ4n) is 2.48. The van der Waals surface area contributed by atoms with Gasteiger partial charge < -0.3 is 24.3 Å². The standard InChI is InChI=1S/C22H27NO6/c1-4-5-12-28-18-9-7-17(8-10-18)22(25)29-15-21(24)23-14-16-6-11-19(26-2)20(13-16)27-3/h6-11,13H,4-5,12,14-15H2,1-3H3,(H,23,24). The van der Waals surface area contributed by atoms with Gasteiger partial charge in [-0.25, -0.2) is 4.79 Å². The average Bonchev–Trinajstić information content (AvgIpc) is 2.76. The summed E-state index contributed by atoms with van der Waals surface area (Å²) in [4.78, 5) is 24.0. The number of nitrogens with one attached hydrogen (secondary N) is 1. The summed E-state index contributed by atoms with van der Waals surface area (Å²) in [6.45, 7) is 2.65. The van der Waals surface area contributed by atoms with Crippen molar-refractivity contribution in [3.05, 3.63) is 53.6 Å². The molecule has 1 N–H and O–H groups in total. The highest BCUT2D eigenvalue weighted by Gasteiger charge is 2.11. The van der Waals surface area contributed by atoms with Crippen LogP contribution in [0.2, 0.25) is 0 Å². The molecule has 29 heavy (non-hydrogen) atoms. The van der Waals surface area contributed by atoms with Gasteiger partial charge in [0.05, 0.1) is 26.4 Å². The molecule has 0 bridgehead atoms. The van der Waals surface area contributed by atoms with Crippen molar-refractivity contribution in [2.75, 3.05) is 27.4 Å². The Morgan fingerprint density at radius 3 is 2.34 bits per heavy atom. The SMILES string of the molecule is CCCCOc1ccc(C(=O)OCC(=O)NCc2ccc(OC)c(OC)c2)cc1. The Morgan fingerprint density at radius 1 is 0.966 bits per heavy atom. The zero-order valence-electron chi connectivity index (χ0n) is 17.0. The van der Waals surface area contributed by atoms with E-state index in [1.54, 1.807) is 50.6 Å². The molecule has 0 radical (unpaired) electrons. The van der Waals surface area contributed by atoms with Gasteiger partial charge in [0.1, 0.15) is 5.75 Å². The second kappa shape index (κ2) is 11.6. The van der Waals surface area contributed by atoms with E-state index < -0.39 is 11.9 Å². The average molecular weight is 401 g/mol. The highest BCUT2D eigenvalue weighted by atomic mass is 16.5. The van der Waals surface area contributed by atoms with Gasteiger partial charge in [0.2, 0.25) is 0 Å². The number of rotatable bonds is 11. The van der Waals surface area contributed by atoms with Crippen molar-refractivity contribution >= 4 is 11.9 Å². The first-order chi connectivity index (χ1) is 14.1. The molecule has 2 aromatic rings. The minimum atomic E-state index is -0.564. The Labute approximate surface area is 170 Å². The number of amides is 1. The first kappa shape index (κ1) is 22.1. The molecule has 7 heteroatoms. The quantitative estimate of drug-likeness (QED) is 0.459. The second-order valence-corrected chi connectivity index (χ2v) is 6.27. The van der Waals surface area contributed by atoms with E-state index in [-0.39, 0.29) is 13.2 Å². The maximum absolute atomic E-state index is 12.1. The minimum Gasteiger partial charge on any atom is -0.494 e. The topological polar surface area (TPSA) is 83.1 Å². The van der Waals surface area contributed by atoms with Crippen molar-refractivity contribution in [3.63, 3.8) is 0 Å². The molecule has 0 spiro atoms.